The number of benzene rings is 2. The van der Waals surface area contributed by atoms with Gasteiger partial charge in [0, 0.05) is 27.6 Å². The number of thioether (sulfide) groups is 1. The van der Waals surface area contributed by atoms with Crippen molar-refractivity contribution in [2.75, 3.05) is 12.1 Å². The molecule has 0 spiro atoms. The van der Waals surface area contributed by atoms with Crippen molar-refractivity contribution in [2.45, 2.75) is 23.6 Å². The predicted octanol–water partition coefficient (Wildman–Crippen LogP) is 5.40. The number of nitrogens with zero attached hydrogens (tertiary/aromatic N) is 2. The minimum absolute atomic E-state index is 0.274. The molecule has 0 bridgehead atoms. The van der Waals surface area contributed by atoms with Gasteiger partial charge in [-0.25, -0.2) is 0 Å². The second-order valence-corrected chi connectivity index (χ2v) is 8.45. The molecule has 1 N–H and O–H groups in total. The van der Waals surface area contributed by atoms with Crippen molar-refractivity contribution in [3.05, 3.63) is 58.1 Å². The van der Waals surface area contributed by atoms with Crippen LogP contribution < -0.4 is 10.1 Å². The highest BCUT2D eigenvalue weighted by Crippen LogP contribution is 2.37. The lowest BCUT2D eigenvalue weighted by molar-refractivity contribution is -0.0168. The van der Waals surface area contributed by atoms with E-state index in [1.54, 1.807) is 11.8 Å². The van der Waals surface area contributed by atoms with Crippen LogP contribution in [0.4, 0.5) is 10.8 Å². The van der Waals surface area contributed by atoms with E-state index in [2.05, 4.69) is 34.6 Å². The number of anilines is 2. The molecule has 0 aliphatic carbocycles. The monoisotopic (exact) mass is 405 g/mol. The van der Waals surface area contributed by atoms with E-state index in [9.17, 15) is 0 Å². The summed E-state index contributed by atoms with van der Waals surface area (Å²) in [5, 5.41) is 13.2. The van der Waals surface area contributed by atoms with Crippen LogP contribution in [0.3, 0.4) is 0 Å². The topological polar surface area (TPSA) is 56.3 Å². The van der Waals surface area contributed by atoms with Crippen molar-refractivity contribution in [1.82, 2.24) is 10.2 Å². The maximum Gasteiger partial charge on any atom is 0.210 e. The van der Waals surface area contributed by atoms with Crippen molar-refractivity contribution in [3.8, 4) is 5.75 Å². The lowest BCUT2D eigenvalue weighted by Crippen LogP contribution is -2.12. The molecule has 0 radical (unpaired) electrons. The summed E-state index contributed by atoms with van der Waals surface area (Å²) in [5.74, 6) is 1.58. The standard InChI is InChI=1S/C18H16ClN3O2S2/c1-11-2-4-15(5-3-11)20-17-21-22-18(26-17)25-9-13-7-14(19)6-12-8-23-10-24-16(12)13/h2-7H,8-10H2,1H3,(H,20,21). The van der Waals surface area contributed by atoms with Crippen LogP contribution in [0.2, 0.25) is 5.02 Å². The smallest absolute Gasteiger partial charge is 0.210 e. The molecule has 5 nitrogen and oxygen atoms in total. The summed E-state index contributed by atoms with van der Waals surface area (Å²) in [6.07, 6.45) is 0. The molecule has 4 rings (SSSR count). The van der Waals surface area contributed by atoms with E-state index in [1.165, 1.54) is 16.9 Å². The third-order valence-corrected chi connectivity index (χ3v) is 6.05. The zero-order valence-electron chi connectivity index (χ0n) is 14.0. The Morgan fingerprint density at radius 3 is 2.92 bits per heavy atom. The number of hydrogen-bond acceptors (Lipinski definition) is 7. The van der Waals surface area contributed by atoms with Crippen molar-refractivity contribution < 1.29 is 9.47 Å². The van der Waals surface area contributed by atoms with Gasteiger partial charge in [-0.15, -0.1) is 10.2 Å². The zero-order valence-corrected chi connectivity index (χ0v) is 16.4. The molecule has 8 heteroatoms. The number of aromatic nitrogens is 2. The Labute approximate surface area is 164 Å². The van der Waals surface area contributed by atoms with Crippen LogP contribution in [0.5, 0.6) is 5.75 Å². The number of aryl methyl sites for hydroxylation is 1. The summed E-state index contributed by atoms with van der Waals surface area (Å²) in [6.45, 7) is 2.86. The van der Waals surface area contributed by atoms with E-state index >= 15 is 0 Å². The van der Waals surface area contributed by atoms with E-state index in [1.807, 2.05) is 24.3 Å². The fourth-order valence-corrected chi connectivity index (χ4v) is 4.58. The first-order valence-electron chi connectivity index (χ1n) is 7.99. The maximum atomic E-state index is 6.21. The van der Waals surface area contributed by atoms with Crippen molar-refractivity contribution in [3.63, 3.8) is 0 Å². The van der Waals surface area contributed by atoms with Gasteiger partial charge in [0.25, 0.3) is 0 Å². The Bertz CT molecular complexity index is 915. The van der Waals surface area contributed by atoms with Gasteiger partial charge in [0.05, 0.1) is 6.61 Å². The molecule has 1 aromatic heterocycles. The van der Waals surface area contributed by atoms with Gasteiger partial charge in [-0.1, -0.05) is 52.4 Å². The number of nitrogens with one attached hydrogen (secondary N) is 1. The van der Waals surface area contributed by atoms with Crippen molar-refractivity contribution in [1.29, 1.82) is 0 Å². The lowest BCUT2D eigenvalue weighted by Gasteiger charge is -2.20. The van der Waals surface area contributed by atoms with Gasteiger partial charge in [0.2, 0.25) is 5.13 Å². The highest BCUT2D eigenvalue weighted by molar-refractivity contribution is 8.00. The number of halogens is 1. The Morgan fingerprint density at radius 1 is 1.23 bits per heavy atom. The normalized spacial score (nSPS) is 13.2. The van der Waals surface area contributed by atoms with Crippen LogP contribution in [0.1, 0.15) is 16.7 Å². The van der Waals surface area contributed by atoms with Crippen LogP contribution >= 0.6 is 34.7 Å². The molecule has 3 aromatic rings. The van der Waals surface area contributed by atoms with Gasteiger partial charge in [-0.05, 0) is 31.2 Å². The van der Waals surface area contributed by atoms with Gasteiger partial charge in [0.15, 0.2) is 11.1 Å². The maximum absolute atomic E-state index is 6.21. The summed E-state index contributed by atoms with van der Waals surface area (Å²) >= 11 is 9.35. The number of ether oxygens (including phenoxy) is 2. The molecule has 2 heterocycles. The van der Waals surface area contributed by atoms with Crippen LogP contribution in [0, 0.1) is 6.92 Å². The zero-order chi connectivity index (χ0) is 17.9. The molecule has 0 fully saturated rings. The molecule has 0 atom stereocenters. The summed E-state index contributed by atoms with van der Waals surface area (Å²) in [5.41, 5.74) is 4.25. The summed E-state index contributed by atoms with van der Waals surface area (Å²) < 4.78 is 11.9. The molecular formula is C18H16ClN3O2S2. The fourth-order valence-electron chi connectivity index (χ4n) is 2.58. The van der Waals surface area contributed by atoms with E-state index in [0.717, 1.165) is 32.0 Å². The molecule has 0 saturated heterocycles. The molecule has 1 aliphatic heterocycles. The van der Waals surface area contributed by atoms with Crippen molar-refractivity contribution >= 4 is 45.5 Å². The quantitative estimate of drug-likeness (QED) is 0.573. The number of hydrogen-bond donors (Lipinski definition) is 1. The number of fused-ring (bicyclic) bond motifs is 1. The van der Waals surface area contributed by atoms with Crippen LogP contribution in [0.15, 0.2) is 40.7 Å². The average Bonchev–Trinajstić information content (AvgIpc) is 3.09. The summed E-state index contributed by atoms with van der Waals surface area (Å²) in [7, 11) is 0. The molecule has 134 valence electrons. The van der Waals surface area contributed by atoms with Gasteiger partial charge in [0.1, 0.15) is 5.75 Å². The van der Waals surface area contributed by atoms with Crippen molar-refractivity contribution in [2.24, 2.45) is 0 Å². The van der Waals surface area contributed by atoms with Gasteiger partial charge in [-0.2, -0.15) is 0 Å². The predicted molar refractivity (Wildman–Crippen MR) is 106 cm³/mol. The molecule has 1 aliphatic rings. The first-order valence-corrected chi connectivity index (χ1v) is 10.2. The molecule has 26 heavy (non-hydrogen) atoms. The van der Waals surface area contributed by atoms with Gasteiger partial charge >= 0.3 is 0 Å². The SMILES string of the molecule is Cc1ccc(Nc2nnc(SCc3cc(Cl)cc4c3OCOC4)s2)cc1. The summed E-state index contributed by atoms with van der Waals surface area (Å²) in [6, 6.07) is 12.0. The fraction of sp³-hybridized carbons (Fsp3) is 0.222. The third kappa shape index (κ3) is 4.12. The Hall–Kier alpha value is -1.80. The van der Waals surface area contributed by atoms with Gasteiger partial charge < -0.3 is 14.8 Å². The van der Waals surface area contributed by atoms with E-state index in [-0.39, 0.29) is 6.79 Å². The Kier molecular flexibility index (Phi) is 5.31. The Morgan fingerprint density at radius 2 is 2.08 bits per heavy atom. The Balaban J connectivity index is 1.44. The first kappa shape index (κ1) is 17.6. The van der Waals surface area contributed by atoms with Crippen LogP contribution in [-0.2, 0) is 17.1 Å². The number of rotatable bonds is 5. The minimum Gasteiger partial charge on any atom is -0.467 e. The van der Waals surface area contributed by atoms with Gasteiger partial charge in [-0.3, -0.25) is 0 Å². The van der Waals surface area contributed by atoms with E-state index < -0.39 is 0 Å². The molecule has 2 aromatic carbocycles. The average molecular weight is 406 g/mol. The molecule has 0 unspecified atom stereocenters. The first-order chi connectivity index (χ1) is 12.7. The minimum atomic E-state index is 0.274. The van der Waals surface area contributed by atoms with E-state index in [0.29, 0.717) is 17.4 Å². The second-order valence-electron chi connectivity index (χ2n) is 5.82. The molecule has 0 saturated carbocycles. The van der Waals surface area contributed by atoms with Crippen LogP contribution in [0.25, 0.3) is 0 Å². The highest BCUT2D eigenvalue weighted by atomic mass is 35.5. The highest BCUT2D eigenvalue weighted by Gasteiger charge is 2.17. The second kappa shape index (κ2) is 7.84. The largest absolute Gasteiger partial charge is 0.467 e. The van der Waals surface area contributed by atoms with Crippen LogP contribution in [-0.4, -0.2) is 17.0 Å². The summed E-state index contributed by atoms with van der Waals surface area (Å²) in [4.78, 5) is 0. The molecule has 0 amide bonds. The van der Waals surface area contributed by atoms with E-state index in [4.69, 9.17) is 21.1 Å². The lowest BCUT2D eigenvalue weighted by atomic mass is 10.1. The third-order valence-electron chi connectivity index (χ3n) is 3.81. The molecular weight excluding hydrogens is 390 g/mol.